The van der Waals surface area contributed by atoms with Crippen LogP contribution in [0.25, 0.3) is 11.1 Å². The van der Waals surface area contributed by atoms with Crippen LogP contribution in [0, 0.1) is 0 Å². The van der Waals surface area contributed by atoms with Gasteiger partial charge in [0.2, 0.25) is 0 Å². The van der Waals surface area contributed by atoms with E-state index in [4.69, 9.17) is 27.9 Å². The summed E-state index contributed by atoms with van der Waals surface area (Å²) >= 11 is 12.4. The van der Waals surface area contributed by atoms with Crippen LogP contribution >= 0.6 is 23.2 Å². The number of hydrogen-bond acceptors (Lipinski definition) is 2. The molecule has 2 nitrogen and oxygen atoms in total. The highest BCUT2D eigenvalue weighted by molar-refractivity contribution is 6.34. The Balaban J connectivity index is 2.23. The molecule has 0 aliphatic carbocycles. The Morgan fingerprint density at radius 3 is 2.72 bits per heavy atom. The first-order chi connectivity index (χ1) is 8.75. The third-order valence-corrected chi connectivity index (χ3v) is 3.48. The predicted octanol–water partition coefficient (Wildman–Crippen LogP) is 4.10. The average Bonchev–Trinajstić information content (AvgIpc) is 2.38. The minimum Gasteiger partial charge on any atom is -0.477 e. The maximum Gasteiger partial charge on any atom is 0.139 e. The molecule has 0 spiro atoms. The summed E-state index contributed by atoms with van der Waals surface area (Å²) < 4.78 is 5.69. The lowest BCUT2D eigenvalue weighted by atomic mass is 10.0. The molecule has 1 heterocycles. The van der Waals surface area contributed by atoms with Crippen LogP contribution in [0.15, 0.2) is 36.4 Å². The minimum atomic E-state index is 0.506. The van der Waals surface area contributed by atoms with Crippen LogP contribution in [-0.4, -0.2) is 6.73 Å². The molecule has 0 radical (unpaired) electrons. The van der Waals surface area contributed by atoms with Crippen molar-refractivity contribution in [2.75, 3.05) is 6.73 Å². The van der Waals surface area contributed by atoms with Crippen molar-refractivity contribution in [2.24, 2.45) is 0 Å². The number of halogens is 2. The molecule has 0 aromatic heterocycles. The second-order valence-electron chi connectivity index (χ2n) is 4.14. The summed E-state index contributed by atoms with van der Waals surface area (Å²) in [6.07, 6.45) is 0. The van der Waals surface area contributed by atoms with Crippen LogP contribution in [0.5, 0.6) is 5.75 Å². The fourth-order valence-corrected chi connectivity index (χ4v) is 2.62. The van der Waals surface area contributed by atoms with E-state index in [1.165, 1.54) is 0 Å². The van der Waals surface area contributed by atoms with Crippen LogP contribution in [0.3, 0.4) is 0 Å². The maximum atomic E-state index is 6.24. The second kappa shape index (κ2) is 4.81. The fraction of sp³-hybridized carbons (Fsp3) is 0.143. The number of ether oxygens (including phenoxy) is 1. The molecule has 0 saturated carbocycles. The van der Waals surface area contributed by atoms with E-state index in [0.717, 1.165) is 29.0 Å². The minimum absolute atomic E-state index is 0.506. The van der Waals surface area contributed by atoms with E-state index in [0.29, 0.717) is 16.8 Å². The maximum absolute atomic E-state index is 6.24. The topological polar surface area (TPSA) is 21.3 Å². The first kappa shape index (κ1) is 11.8. The Morgan fingerprint density at radius 2 is 1.89 bits per heavy atom. The zero-order chi connectivity index (χ0) is 12.5. The third kappa shape index (κ3) is 2.07. The molecule has 2 aromatic carbocycles. The monoisotopic (exact) mass is 279 g/mol. The number of fused-ring (bicyclic) bond motifs is 1. The smallest absolute Gasteiger partial charge is 0.139 e. The Morgan fingerprint density at radius 1 is 1.06 bits per heavy atom. The van der Waals surface area contributed by atoms with Gasteiger partial charge in [-0.1, -0.05) is 41.4 Å². The normalized spacial score (nSPS) is 13.9. The number of rotatable bonds is 1. The number of benzene rings is 2. The molecule has 0 unspecified atom stereocenters. The molecule has 0 saturated heterocycles. The lowest BCUT2D eigenvalue weighted by Crippen LogP contribution is -2.25. The van der Waals surface area contributed by atoms with Gasteiger partial charge in [0.05, 0.1) is 0 Å². The van der Waals surface area contributed by atoms with Crippen LogP contribution in [0.1, 0.15) is 5.56 Å². The Bertz CT molecular complexity index is 598. The standard InChI is InChI=1S/C14H11Cl2NO/c15-10-5-9-7-17-8-18-14(9)12(6-10)11-3-1-2-4-13(11)16/h1-6,17H,7-8H2. The zero-order valence-electron chi connectivity index (χ0n) is 9.54. The van der Waals surface area contributed by atoms with Gasteiger partial charge < -0.3 is 4.74 Å². The molecule has 1 N–H and O–H groups in total. The van der Waals surface area contributed by atoms with Crippen molar-refractivity contribution >= 4 is 23.2 Å². The van der Waals surface area contributed by atoms with E-state index in [1.807, 2.05) is 36.4 Å². The molecule has 2 aromatic rings. The molecular weight excluding hydrogens is 269 g/mol. The van der Waals surface area contributed by atoms with Gasteiger partial charge in [0.25, 0.3) is 0 Å². The van der Waals surface area contributed by atoms with Crippen LogP contribution in [0.4, 0.5) is 0 Å². The van der Waals surface area contributed by atoms with Crippen LogP contribution < -0.4 is 10.1 Å². The molecule has 0 fully saturated rings. The molecular formula is C14H11Cl2NO. The Kier molecular flexibility index (Phi) is 3.16. The zero-order valence-corrected chi connectivity index (χ0v) is 11.1. The largest absolute Gasteiger partial charge is 0.477 e. The molecule has 0 bridgehead atoms. The van der Waals surface area contributed by atoms with E-state index in [9.17, 15) is 0 Å². The van der Waals surface area contributed by atoms with Crippen molar-refractivity contribution in [3.63, 3.8) is 0 Å². The van der Waals surface area contributed by atoms with Gasteiger partial charge in [0.1, 0.15) is 12.5 Å². The molecule has 1 aliphatic rings. The molecule has 1 aliphatic heterocycles. The number of nitrogens with one attached hydrogen (secondary N) is 1. The SMILES string of the molecule is Clc1cc2c(c(-c3ccccc3Cl)c1)OCNC2. The summed E-state index contributed by atoms with van der Waals surface area (Å²) in [7, 11) is 0. The van der Waals surface area contributed by atoms with Crippen LogP contribution in [-0.2, 0) is 6.54 Å². The van der Waals surface area contributed by atoms with E-state index < -0.39 is 0 Å². The van der Waals surface area contributed by atoms with Gasteiger partial charge in [-0.05, 0) is 18.2 Å². The highest BCUT2D eigenvalue weighted by atomic mass is 35.5. The van der Waals surface area contributed by atoms with Crippen molar-refractivity contribution in [1.82, 2.24) is 5.32 Å². The van der Waals surface area contributed by atoms with E-state index >= 15 is 0 Å². The molecule has 3 rings (SSSR count). The Hall–Kier alpha value is -1.22. The summed E-state index contributed by atoms with van der Waals surface area (Å²) in [5.74, 6) is 0.867. The highest BCUT2D eigenvalue weighted by Gasteiger charge is 2.18. The van der Waals surface area contributed by atoms with Gasteiger partial charge in [0.15, 0.2) is 0 Å². The molecule has 4 heteroatoms. The summed E-state index contributed by atoms with van der Waals surface area (Å²) in [6.45, 7) is 1.26. The molecule has 92 valence electrons. The van der Waals surface area contributed by atoms with Gasteiger partial charge >= 0.3 is 0 Å². The van der Waals surface area contributed by atoms with Crippen molar-refractivity contribution in [3.8, 4) is 16.9 Å². The highest BCUT2D eigenvalue weighted by Crippen LogP contribution is 2.40. The fourth-order valence-electron chi connectivity index (χ4n) is 2.14. The van der Waals surface area contributed by atoms with Crippen molar-refractivity contribution < 1.29 is 4.74 Å². The first-order valence-electron chi connectivity index (χ1n) is 5.66. The summed E-state index contributed by atoms with van der Waals surface area (Å²) in [6, 6.07) is 11.5. The Labute approximate surface area is 115 Å². The average molecular weight is 280 g/mol. The quantitative estimate of drug-likeness (QED) is 0.849. The summed E-state index contributed by atoms with van der Waals surface area (Å²) in [5.41, 5.74) is 2.95. The van der Waals surface area contributed by atoms with Gasteiger partial charge in [-0.15, -0.1) is 0 Å². The summed E-state index contributed by atoms with van der Waals surface area (Å²) in [4.78, 5) is 0. The lowest BCUT2D eigenvalue weighted by Gasteiger charge is -2.22. The third-order valence-electron chi connectivity index (χ3n) is 2.93. The molecule has 0 atom stereocenters. The van der Waals surface area contributed by atoms with Crippen molar-refractivity contribution in [1.29, 1.82) is 0 Å². The van der Waals surface area contributed by atoms with Gasteiger partial charge in [-0.25, -0.2) is 0 Å². The predicted molar refractivity (Wildman–Crippen MR) is 74.2 cm³/mol. The van der Waals surface area contributed by atoms with Gasteiger partial charge in [-0.3, -0.25) is 5.32 Å². The lowest BCUT2D eigenvalue weighted by molar-refractivity contribution is 0.258. The van der Waals surface area contributed by atoms with E-state index in [-0.39, 0.29) is 0 Å². The van der Waals surface area contributed by atoms with Crippen molar-refractivity contribution in [2.45, 2.75) is 6.54 Å². The van der Waals surface area contributed by atoms with Gasteiger partial charge in [-0.2, -0.15) is 0 Å². The first-order valence-corrected chi connectivity index (χ1v) is 6.42. The molecule has 18 heavy (non-hydrogen) atoms. The second-order valence-corrected chi connectivity index (χ2v) is 4.98. The number of hydrogen-bond donors (Lipinski definition) is 1. The van der Waals surface area contributed by atoms with Crippen molar-refractivity contribution in [3.05, 3.63) is 52.0 Å². The molecule has 0 amide bonds. The summed E-state index contributed by atoms with van der Waals surface area (Å²) in [5, 5.41) is 4.54. The van der Waals surface area contributed by atoms with E-state index in [1.54, 1.807) is 0 Å². The van der Waals surface area contributed by atoms with Crippen LogP contribution in [0.2, 0.25) is 10.0 Å². The van der Waals surface area contributed by atoms with E-state index in [2.05, 4.69) is 5.32 Å². The van der Waals surface area contributed by atoms with Gasteiger partial charge in [0, 0.05) is 33.3 Å².